The molecule has 3 aromatic rings. The van der Waals surface area contributed by atoms with Crippen molar-refractivity contribution in [3.63, 3.8) is 0 Å². The van der Waals surface area contributed by atoms with Gasteiger partial charge in [0.1, 0.15) is 0 Å². The van der Waals surface area contributed by atoms with Gasteiger partial charge in [-0.2, -0.15) is 5.10 Å². The van der Waals surface area contributed by atoms with E-state index in [1.165, 1.54) is 0 Å². The number of hydrogen-bond donors (Lipinski definition) is 1. The Balaban J connectivity index is 1.44. The van der Waals surface area contributed by atoms with Crippen LogP contribution >= 0.6 is 11.3 Å². The number of para-hydroxylation sites is 1. The van der Waals surface area contributed by atoms with Gasteiger partial charge in [-0.25, -0.2) is 9.67 Å². The van der Waals surface area contributed by atoms with E-state index in [1.807, 2.05) is 48.8 Å². The van der Waals surface area contributed by atoms with E-state index in [9.17, 15) is 4.79 Å². The lowest BCUT2D eigenvalue weighted by Crippen LogP contribution is -2.44. The molecule has 1 aromatic carbocycles. The molecular formula is C21H25N5O2S. The molecule has 8 heteroatoms. The average Bonchev–Trinajstić information content (AvgIpc) is 3.44. The predicted octanol–water partition coefficient (Wildman–Crippen LogP) is 3.52. The zero-order valence-corrected chi connectivity index (χ0v) is 17.3. The summed E-state index contributed by atoms with van der Waals surface area (Å²) in [6, 6.07) is 9.87. The smallest absolute Gasteiger partial charge is 0.275 e. The lowest BCUT2D eigenvalue weighted by Gasteiger charge is -2.32. The summed E-state index contributed by atoms with van der Waals surface area (Å²) in [5.41, 5.74) is 1.23. The van der Waals surface area contributed by atoms with Crippen LogP contribution in [0.4, 0.5) is 5.13 Å². The van der Waals surface area contributed by atoms with Crippen molar-refractivity contribution in [2.45, 2.75) is 32.2 Å². The molecule has 29 heavy (non-hydrogen) atoms. The normalized spacial score (nSPS) is 14.7. The number of piperidine rings is 1. The monoisotopic (exact) mass is 411 g/mol. The lowest BCUT2D eigenvalue weighted by molar-refractivity contribution is 0.0921. The maximum Gasteiger partial charge on any atom is 0.275 e. The van der Waals surface area contributed by atoms with Gasteiger partial charge >= 0.3 is 0 Å². The zero-order valence-electron chi connectivity index (χ0n) is 16.5. The van der Waals surface area contributed by atoms with Crippen LogP contribution < -0.4 is 15.0 Å². The summed E-state index contributed by atoms with van der Waals surface area (Å²) in [6.45, 7) is 4.36. The number of amides is 1. The summed E-state index contributed by atoms with van der Waals surface area (Å²) in [5.74, 6) is 0.340. The maximum absolute atomic E-state index is 13.0. The Morgan fingerprint density at radius 1 is 1.28 bits per heavy atom. The van der Waals surface area contributed by atoms with Crippen molar-refractivity contribution in [2.24, 2.45) is 0 Å². The zero-order chi connectivity index (χ0) is 20.1. The van der Waals surface area contributed by atoms with Crippen LogP contribution in [0.5, 0.6) is 5.75 Å². The Labute approximate surface area is 174 Å². The predicted molar refractivity (Wildman–Crippen MR) is 114 cm³/mol. The number of carbonyl (C=O) groups excluding carboxylic acids is 1. The summed E-state index contributed by atoms with van der Waals surface area (Å²) < 4.78 is 7.50. The number of benzene rings is 1. The van der Waals surface area contributed by atoms with Crippen LogP contribution in [0.25, 0.3) is 5.69 Å². The first-order valence-corrected chi connectivity index (χ1v) is 10.9. The molecule has 0 saturated carbocycles. The quantitative estimate of drug-likeness (QED) is 0.644. The van der Waals surface area contributed by atoms with E-state index in [0.717, 1.165) is 43.2 Å². The molecule has 0 unspecified atom stereocenters. The van der Waals surface area contributed by atoms with Crippen molar-refractivity contribution < 1.29 is 9.53 Å². The molecule has 4 rings (SSSR count). The second kappa shape index (κ2) is 9.09. The van der Waals surface area contributed by atoms with Crippen molar-refractivity contribution >= 4 is 22.4 Å². The van der Waals surface area contributed by atoms with Gasteiger partial charge in [0.25, 0.3) is 5.91 Å². The summed E-state index contributed by atoms with van der Waals surface area (Å²) in [6.07, 6.45) is 6.25. The number of aromatic nitrogens is 3. The van der Waals surface area contributed by atoms with Gasteiger partial charge in [-0.05, 0) is 31.4 Å². The number of carbonyl (C=O) groups is 1. The molecule has 2 aromatic heterocycles. The molecular weight excluding hydrogens is 386 g/mol. The van der Waals surface area contributed by atoms with Gasteiger partial charge in [-0.15, -0.1) is 11.3 Å². The van der Waals surface area contributed by atoms with Crippen LogP contribution in [0.2, 0.25) is 0 Å². The van der Waals surface area contributed by atoms with Gasteiger partial charge in [0.2, 0.25) is 0 Å². The fourth-order valence-electron chi connectivity index (χ4n) is 3.39. The summed E-state index contributed by atoms with van der Waals surface area (Å²) >= 11 is 1.65. The van der Waals surface area contributed by atoms with E-state index < -0.39 is 0 Å². The summed E-state index contributed by atoms with van der Waals surface area (Å²) in [5, 5.41) is 10.7. The maximum atomic E-state index is 13.0. The van der Waals surface area contributed by atoms with Gasteiger partial charge in [0.15, 0.2) is 16.6 Å². The topological polar surface area (TPSA) is 72.3 Å². The Bertz CT molecular complexity index is 918. The molecule has 0 spiro atoms. The Morgan fingerprint density at radius 2 is 2.07 bits per heavy atom. The first kappa shape index (κ1) is 19.4. The van der Waals surface area contributed by atoms with Crippen molar-refractivity contribution in [3.05, 3.63) is 53.8 Å². The average molecular weight is 412 g/mol. The summed E-state index contributed by atoms with van der Waals surface area (Å²) in [4.78, 5) is 19.6. The van der Waals surface area contributed by atoms with Gasteiger partial charge < -0.3 is 15.0 Å². The number of nitrogens with one attached hydrogen (secondary N) is 1. The van der Waals surface area contributed by atoms with E-state index in [4.69, 9.17) is 4.74 Å². The first-order valence-electron chi connectivity index (χ1n) is 9.98. The molecule has 0 bridgehead atoms. The fraction of sp³-hybridized carbons (Fsp3) is 0.381. The highest BCUT2D eigenvalue weighted by Crippen LogP contribution is 2.24. The van der Waals surface area contributed by atoms with Gasteiger partial charge in [0, 0.05) is 30.7 Å². The van der Waals surface area contributed by atoms with E-state index >= 15 is 0 Å². The minimum absolute atomic E-state index is 0.125. The van der Waals surface area contributed by atoms with Gasteiger partial charge in [0.05, 0.1) is 18.5 Å². The Hall–Kier alpha value is -2.87. The SMILES string of the molecule is CCCOc1cn(-c2ccccc2)nc1C(=O)NC1CCN(c2nccs2)CC1. The third kappa shape index (κ3) is 4.59. The third-order valence-electron chi connectivity index (χ3n) is 4.90. The first-order chi connectivity index (χ1) is 14.2. The van der Waals surface area contributed by atoms with Crippen molar-refractivity contribution in [1.29, 1.82) is 0 Å². The number of anilines is 1. The highest BCUT2D eigenvalue weighted by atomic mass is 32.1. The van der Waals surface area contributed by atoms with Crippen molar-refractivity contribution in [2.75, 3.05) is 24.6 Å². The van der Waals surface area contributed by atoms with Crippen LogP contribution in [-0.2, 0) is 0 Å². The standard InChI is InChI=1S/C21H25N5O2S/c1-2-13-28-18-15-26(17-6-4-3-5-7-17)24-19(18)20(27)23-16-8-11-25(12-9-16)21-22-10-14-29-21/h3-7,10,14-16H,2,8-9,11-13H2,1H3,(H,23,27). The molecule has 1 saturated heterocycles. The Morgan fingerprint density at radius 3 is 2.76 bits per heavy atom. The second-order valence-corrected chi connectivity index (χ2v) is 7.89. The molecule has 1 N–H and O–H groups in total. The van der Waals surface area contributed by atoms with Gasteiger partial charge in [-0.1, -0.05) is 25.1 Å². The highest BCUT2D eigenvalue weighted by molar-refractivity contribution is 7.13. The Kier molecular flexibility index (Phi) is 6.09. The number of nitrogens with zero attached hydrogens (tertiary/aromatic N) is 4. The van der Waals surface area contributed by atoms with Crippen molar-refractivity contribution in [3.8, 4) is 11.4 Å². The lowest BCUT2D eigenvalue weighted by atomic mass is 10.1. The van der Waals surface area contributed by atoms with Crippen LogP contribution in [-0.4, -0.2) is 46.4 Å². The van der Waals surface area contributed by atoms with Crippen LogP contribution in [0, 0.1) is 0 Å². The number of ether oxygens (including phenoxy) is 1. The molecule has 1 amide bonds. The van der Waals surface area contributed by atoms with Crippen LogP contribution in [0.1, 0.15) is 36.7 Å². The van der Waals surface area contributed by atoms with E-state index in [-0.39, 0.29) is 11.9 Å². The molecule has 0 atom stereocenters. The molecule has 1 aliphatic heterocycles. The molecule has 0 radical (unpaired) electrons. The van der Waals surface area contributed by atoms with Crippen LogP contribution in [0.15, 0.2) is 48.1 Å². The minimum atomic E-state index is -0.182. The minimum Gasteiger partial charge on any atom is -0.489 e. The molecule has 7 nitrogen and oxygen atoms in total. The van der Waals surface area contributed by atoms with E-state index in [2.05, 4.69) is 20.3 Å². The molecule has 152 valence electrons. The van der Waals surface area contributed by atoms with Gasteiger partial charge in [-0.3, -0.25) is 4.79 Å². The molecule has 3 heterocycles. The molecule has 0 aliphatic carbocycles. The third-order valence-corrected chi connectivity index (χ3v) is 5.73. The van der Waals surface area contributed by atoms with E-state index in [1.54, 1.807) is 22.2 Å². The van der Waals surface area contributed by atoms with Crippen molar-refractivity contribution in [1.82, 2.24) is 20.1 Å². The van der Waals surface area contributed by atoms with Crippen LogP contribution in [0.3, 0.4) is 0 Å². The molecule has 1 aliphatic rings. The largest absolute Gasteiger partial charge is 0.489 e. The number of hydrogen-bond acceptors (Lipinski definition) is 6. The number of thiazole rings is 1. The second-order valence-electron chi connectivity index (χ2n) is 7.02. The van der Waals surface area contributed by atoms with E-state index in [0.29, 0.717) is 18.1 Å². The summed E-state index contributed by atoms with van der Waals surface area (Å²) in [7, 11) is 0. The number of rotatable bonds is 7. The molecule has 1 fully saturated rings. The fourth-order valence-corrected chi connectivity index (χ4v) is 4.08. The highest BCUT2D eigenvalue weighted by Gasteiger charge is 2.25.